The minimum atomic E-state index is -1.14. The molecular formula is C21H26ClFN2O3. The standard InChI is InChI=1S/C21H26ClFN2O3/c1-20(23)6-4-14(5-7-20)12-24-19(26)15-11-17(21(27)8-10-28-13-21)25-9-2-3-16(22)18(15)25/h2-3,9,11,14,27H,4-8,10,12-13H2,1H3,(H,24,26). The van der Waals surface area contributed by atoms with Gasteiger partial charge in [-0.15, -0.1) is 0 Å². The summed E-state index contributed by atoms with van der Waals surface area (Å²) in [5.41, 5.74) is -0.594. The number of nitrogens with one attached hydrogen (secondary N) is 1. The number of hydrogen-bond donors (Lipinski definition) is 2. The molecule has 0 spiro atoms. The van der Waals surface area contributed by atoms with E-state index in [-0.39, 0.29) is 18.4 Å². The number of halogens is 2. The van der Waals surface area contributed by atoms with Crippen LogP contribution in [0.2, 0.25) is 5.02 Å². The topological polar surface area (TPSA) is 63.0 Å². The molecule has 2 fully saturated rings. The summed E-state index contributed by atoms with van der Waals surface area (Å²) in [6.07, 6.45) is 4.88. The molecule has 3 heterocycles. The Hall–Kier alpha value is -1.63. The lowest BCUT2D eigenvalue weighted by Gasteiger charge is -2.31. The normalized spacial score (nSPS) is 30.6. The highest BCUT2D eigenvalue weighted by Gasteiger charge is 2.38. The van der Waals surface area contributed by atoms with E-state index in [1.165, 1.54) is 0 Å². The number of hydrogen-bond acceptors (Lipinski definition) is 3. The molecule has 1 atom stereocenters. The molecule has 0 bridgehead atoms. The molecule has 2 aromatic rings. The average molecular weight is 409 g/mol. The predicted octanol–water partition coefficient (Wildman–Crippen LogP) is 3.85. The second-order valence-electron chi connectivity index (χ2n) is 8.42. The Bertz CT molecular complexity index is 879. The van der Waals surface area contributed by atoms with Crippen LogP contribution in [0.5, 0.6) is 0 Å². The van der Waals surface area contributed by atoms with Crippen molar-refractivity contribution in [3.63, 3.8) is 0 Å². The van der Waals surface area contributed by atoms with Crippen molar-refractivity contribution in [1.82, 2.24) is 9.72 Å². The first kappa shape index (κ1) is 19.7. The van der Waals surface area contributed by atoms with Crippen molar-refractivity contribution in [3.8, 4) is 0 Å². The lowest BCUT2D eigenvalue weighted by Crippen LogP contribution is -2.34. The number of fused-ring (bicyclic) bond motifs is 1. The molecule has 2 aliphatic rings. The number of carbonyl (C=O) groups is 1. The minimum Gasteiger partial charge on any atom is -0.381 e. The molecule has 152 valence electrons. The molecule has 4 rings (SSSR count). The Balaban J connectivity index is 1.57. The van der Waals surface area contributed by atoms with Crippen LogP contribution in [0.15, 0.2) is 24.4 Å². The molecule has 2 aromatic heterocycles. The maximum atomic E-state index is 14.0. The van der Waals surface area contributed by atoms with Crippen molar-refractivity contribution in [3.05, 3.63) is 40.7 Å². The summed E-state index contributed by atoms with van der Waals surface area (Å²) in [4.78, 5) is 12.9. The quantitative estimate of drug-likeness (QED) is 0.807. The third-order valence-electron chi connectivity index (χ3n) is 6.16. The van der Waals surface area contributed by atoms with Gasteiger partial charge in [-0.25, -0.2) is 4.39 Å². The molecule has 7 heteroatoms. The summed E-state index contributed by atoms with van der Waals surface area (Å²) < 4.78 is 21.1. The highest BCUT2D eigenvalue weighted by molar-refractivity contribution is 6.34. The van der Waals surface area contributed by atoms with Crippen molar-refractivity contribution < 1.29 is 19.0 Å². The number of carbonyl (C=O) groups excluding carboxylic acids is 1. The Morgan fingerprint density at radius 1 is 1.43 bits per heavy atom. The summed E-state index contributed by atoms with van der Waals surface area (Å²) in [6, 6.07) is 5.23. The van der Waals surface area contributed by atoms with Gasteiger partial charge in [-0.1, -0.05) is 11.6 Å². The summed E-state index contributed by atoms with van der Waals surface area (Å²) in [7, 11) is 0. The van der Waals surface area contributed by atoms with E-state index in [0.29, 0.717) is 54.2 Å². The van der Waals surface area contributed by atoms with Crippen molar-refractivity contribution in [2.45, 2.75) is 50.3 Å². The number of nitrogens with zero attached hydrogens (tertiary/aromatic N) is 1. The summed E-state index contributed by atoms with van der Waals surface area (Å²) in [5.74, 6) is 0.0527. The van der Waals surface area contributed by atoms with Crippen LogP contribution >= 0.6 is 11.6 Å². The first-order valence-electron chi connectivity index (χ1n) is 9.86. The van der Waals surface area contributed by atoms with Crippen LogP contribution in [0.25, 0.3) is 5.52 Å². The van der Waals surface area contributed by atoms with Crippen molar-refractivity contribution in [2.24, 2.45) is 5.92 Å². The predicted molar refractivity (Wildman–Crippen MR) is 106 cm³/mol. The van der Waals surface area contributed by atoms with E-state index < -0.39 is 11.3 Å². The van der Waals surface area contributed by atoms with E-state index in [0.717, 1.165) is 12.8 Å². The van der Waals surface area contributed by atoms with Gasteiger partial charge in [-0.05, 0) is 56.7 Å². The molecule has 0 aromatic carbocycles. The van der Waals surface area contributed by atoms with Gasteiger partial charge in [0.1, 0.15) is 11.3 Å². The fourth-order valence-electron chi connectivity index (χ4n) is 4.32. The third-order valence-corrected chi connectivity index (χ3v) is 6.47. The molecule has 5 nitrogen and oxygen atoms in total. The summed E-state index contributed by atoms with van der Waals surface area (Å²) in [6.45, 7) is 2.83. The number of aromatic nitrogens is 1. The van der Waals surface area contributed by atoms with Gasteiger partial charge in [0.05, 0.1) is 28.4 Å². The van der Waals surface area contributed by atoms with Crippen LogP contribution in [0.3, 0.4) is 0 Å². The maximum absolute atomic E-state index is 14.0. The molecule has 1 saturated carbocycles. The van der Waals surface area contributed by atoms with Crippen LogP contribution in [0, 0.1) is 5.92 Å². The van der Waals surface area contributed by atoms with Gasteiger partial charge >= 0.3 is 0 Å². The molecular weight excluding hydrogens is 383 g/mol. The van der Waals surface area contributed by atoms with E-state index in [4.69, 9.17) is 16.3 Å². The first-order chi connectivity index (χ1) is 13.3. The molecule has 1 aliphatic carbocycles. The highest BCUT2D eigenvalue weighted by Crippen LogP contribution is 2.36. The van der Waals surface area contributed by atoms with Gasteiger partial charge in [0.2, 0.25) is 0 Å². The summed E-state index contributed by atoms with van der Waals surface area (Å²) >= 11 is 6.40. The minimum absolute atomic E-state index is 0.191. The van der Waals surface area contributed by atoms with Crippen LogP contribution < -0.4 is 5.32 Å². The smallest absolute Gasteiger partial charge is 0.253 e. The van der Waals surface area contributed by atoms with Crippen molar-refractivity contribution in [1.29, 1.82) is 0 Å². The van der Waals surface area contributed by atoms with Gasteiger partial charge in [0.25, 0.3) is 5.91 Å². The largest absolute Gasteiger partial charge is 0.381 e. The SMILES string of the molecule is CC1(F)CCC(CNC(=O)c2cc(C3(O)CCOC3)n3cccc(Cl)c23)CC1. The van der Waals surface area contributed by atoms with E-state index >= 15 is 0 Å². The molecule has 1 amide bonds. The number of alkyl halides is 1. The van der Waals surface area contributed by atoms with Gasteiger partial charge < -0.3 is 19.6 Å². The fourth-order valence-corrected chi connectivity index (χ4v) is 4.59. The van der Waals surface area contributed by atoms with Gasteiger partial charge in [-0.2, -0.15) is 0 Å². The Morgan fingerprint density at radius 3 is 2.86 bits per heavy atom. The second-order valence-corrected chi connectivity index (χ2v) is 8.83. The monoisotopic (exact) mass is 408 g/mol. The zero-order valence-electron chi connectivity index (χ0n) is 16.0. The van der Waals surface area contributed by atoms with Gasteiger partial charge in [0, 0.05) is 25.8 Å². The zero-order chi connectivity index (χ0) is 19.9. The van der Waals surface area contributed by atoms with E-state index in [1.54, 1.807) is 35.7 Å². The first-order valence-corrected chi connectivity index (χ1v) is 10.2. The lowest BCUT2D eigenvalue weighted by atomic mass is 9.81. The molecule has 0 radical (unpaired) electrons. The lowest BCUT2D eigenvalue weighted by molar-refractivity contribution is 0.0188. The Labute approximate surface area is 168 Å². The number of aliphatic hydroxyl groups is 1. The molecule has 28 heavy (non-hydrogen) atoms. The fraction of sp³-hybridized carbons (Fsp3) is 0.571. The number of ether oxygens (including phenoxy) is 1. The van der Waals surface area contributed by atoms with Gasteiger partial charge in [-0.3, -0.25) is 4.79 Å². The number of amides is 1. The maximum Gasteiger partial charge on any atom is 0.253 e. The Kier molecular flexibility index (Phi) is 5.14. The Morgan fingerprint density at radius 2 is 2.18 bits per heavy atom. The van der Waals surface area contributed by atoms with E-state index in [2.05, 4.69) is 5.32 Å². The van der Waals surface area contributed by atoms with Crippen LogP contribution in [0.4, 0.5) is 4.39 Å². The van der Waals surface area contributed by atoms with E-state index in [1.807, 2.05) is 0 Å². The van der Waals surface area contributed by atoms with Crippen molar-refractivity contribution >= 4 is 23.0 Å². The molecule has 1 aliphatic heterocycles. The van der Waals surface area contributed by atoms with Gasteiger partial charge in [0.15, 0.2) is 0 Å². The number of pyridine rings is 1. The van der Waals surface area contributed by atoms with Crippen LogP contribution in [-0.2, 0) is 10.3 Å². The third kappa shape index (κ3) is 3.65. The summed E-state index contributed by atoms with van der Waals surface area (Å²) in [5, 5.41) is 14.4. The average Bonchev–Trinajstić information content (AvgIpc) is 3.26. The second kappa shape index (κ2) is 7.32. The molecule has 2 N–H and O–H groups in total. The number of rotatable bonds is 4. The highest BCUT2D eigenvalue weighted by atomic mass is 35.5. The zero-order valence-corrected chi connectivity index (χ0v) is 16.8. The van der Waals surface area contributed by atoms with Crippen molar-refractivity contribution in [2.75, 3.05) is 19.8 Å². The van der Waals surface area contributed by atoms with Crippen LogP contribution in [-0.4, -0.2) is 40.8 Å². The van der Waals surface area contributed by atoms with E-state index in [9.17, 15) is 14.3 Å². The molecule has 1 saturated heterocycles. The van der Waals surface area contributed by atoms with Crippen LogP contribution in [0.1, 0.15) is 55.1 Å². The molecule has 1 unspecified atom stereocenters.